The average molecular weight is 270 g/mol. The first-order valence-corrected chi connectivity index (χ1v) is 6.49. The Morgan fingerprint density at radius 2 is 1.65 bits per heavy atom. The van der Waals surface area contributed by atoms with Crippen LogP contribution in [0.4, 0.5) is 5.69 Å². The molecule has 5 nitrogen and oxygen atoms in total. The number of halogens is 1. The summed E-state index contributed by atoms with van der Waals surface area (Å²) in [5.41, 5.74) is 0.474. The van der Waals surface area contributed by atoms with Crippen LogP contribution in [0.1, 0.15) is 0 Å². The minimum absolute atomic E-state index is 0.00339. The minimum Gasteiger partial charge on any atom is -0.280 e. The first kappa shape index (κ1) is 11.8. The standard InChI is InChI=1S/C10H8ClN3O2S/c11-10-12-6-9(7-13-10)17(15,16)14-8-4-2-1-3-5-8/h1-7,14H. The summed E-state index contributed by atoms with van der Waals surface area (Å²) in [4.78, 5) is 7.21. The molecule has 0 fully saturated rings. The van der Waals surface area contributed by atoms with Crippen LogP contribution >= 0.6 is 11.6 Å². The predicted molar refractivity (Wildman–Crippen MR) is 64.3 cm³/mol. The van der Waals surface area contributed by atoms with Crippen molar-refractivity contribution in [3.63, 3.8) is 0 Å². The molecule has 88 valence electrons. The van der Waals surface area contributed by atoms with E-state index in [9.17, 15) is 8.42 Å². The molecule has 2 rings (SSSR count). The van der Waals surface area contributed by atoms with E-state index >= 15 is 0 Å². The van der Waals surface area contributed by atoms with Gasteiger partial charge in [0.25, 0.3) is 10.0 Å². The average Bonchev–Trinajstić information content (AvgIpc) is 2.30. The van der Waals surface area contributed by atoms with Gasteiger partial charge in [-0.05, 0) is 23.7 Å². The third-order valence-corrected chi connectivity index (χ3v) is 3.46. The zero-order valence-electron chi connectivity index (χ0n) is 8.54. The second kappa shape index (κ2) is 4.68. The van der Waals surface area contributed by atoms with Gasteiger partial charge in [-0.1, -0.05) is 18.2 Å². The number of rotatable bonds is 3. The van der Waals surface area contributed by atoms with Crippen molar-refractivity contribution in [1.82, 2.24) is 9.97 Å². The SMILES string of the molecule is O=S(=O)(Nc1ccccc1)c1cnc(Cl)nc1. The monoisotopic (exact) mass is 269 g/mol. The maximum atomic E-state index is 11.9. The van der Waals surface area contributed by atoms with Crippen LogP contribution in [-0.4, -0.2) is 18.4 Å². The molecule has 1 aromatic heterocycles. The highest BCUT2D eigenvalue weighted by atomic mass is 35.5. The molecule has 1 N–H and O–H groups in total. The lowest BCUT2D eigenvalue weighted by molar-refractivity contribution is 0.600. The molecule has 0 saturated carbocycles. The van der Waals surface area contributed by atoms with Gasteiger partial charge in [0.15, 0.2) is 0 Å². The van der Waals surface area contributed by atoms with E-state index in [0.29, 0.717) is 5.69 Å². The molecule has 0 unspecified atom stereocenters. The number of sulfonamides is 1. The van der Waals surface area contributed by atoms with Crippen molar-refractivity contribution in [3.8, 4) is 0 Å². The van der Waals surface area contributed by atoms with E-state index in [2.05, 4.69) is 14.7 Å². The first-order valence-electron chi connectivity index (χ1n) is 4.63. The molecule has 0 atom stereocenters. The lowest BCUT2D eigenvalue weighted by atomic mass is 10.3. The summed E-state index contributed by atoms with van der Waals surface area (Å²) in [6.45, 7) is 0. The maximum absolute atomic E-state index is 11.9. The van der Waals surface area contributed by atoms with Gasteiger partial charge in [0.2, 0.25) is 5.28 Å². The zero-order chi connectivity index (χ0) is 12.3. The van der Waals surface area contributed by atoms with Gasteiger partial charge in [-0.3, -0.25) is 4.72 Å². The maximum Gasteiger partial charge on any atom is 0.264 e. The Kier molecular flexibility index (Phi) is 3.26. The van der Waals surface area contributed by atoms with Crippen LogP contribution in [0.25, 0.3) is 0 Å². The van der Waals surface area contributed by atoms with Gasteiger partial charge in [0, 0.05) is 5.69 Å². The number of nitrogens with zero attached hydrogens (tertiary/aromatic N) is 2. The van der Waals surface area contributed by atoms with E-state index in [1.807, 2.05) is 0 Å². The molecule has 0 spiro atoms. The normalized spacial score (nSPS) is 11.1. The fourth-order valence-corrected chi connectivity index (χ4v) is 2.20. The molecule has 1 aromatic carbocycles. The molecule has 17 heavy (non-hydrogen) atoms. The van der Waals surface area contributed by atoms with Gasteiger partial charge in [0.05, 0.1) is 12.4 Å². The predicted octanol–water partition coefficient (Wildman–Crippen LogP) is 1.93. The first-order chi connectivity index (χ1) is 8.08. The number of nitrogens with one attached hydrogen (secondary N) is 1. The highest BCUT2D eigenvalue weighted by Crippen LogP contribution is 2.14. The summed E-state index contributed by atoms with van der Waals surface area (Å²) in [6.07, 6.45) is 2.31. The summed E-state index contributed by atoms with van der Waals surface area (Å²) < 4.78 is 26.2. The van der Waals surface area contributed by atoms with Gasteiger partial charge in [-0.2, -0.15) is 0 Å². The van der Waals surface area contributed by atoms with Gasteiger partial charge in [0.1, 0.15) is 4.90 Å². The topological polar surface area (TPSA) is 72.0 Å². The van der Waals surface area contributed by atoms with E-state index in [1.54, 1.807) is 30.3 Å². The Labute approximate surface area is 104 Å². The molecule has 7 heteroatoms. The summed E-state index contributed by atoms with van der Waals surface area (Å²) in [6, 6.07) is 8.55. The highest BCUT2D eigenvalue weighted by Gasteiger charge is 2.14. The van der Waals surface area contributed by atoms with E-state index in [0.717, 1.165) is 12.4 Å². The van der Waals surface area contributed by atoms with E-state index in [-0.39, 0.29) is 10.2 Å². The molecule has 0 amide bonds. The summed E-state index contributed by atoms with van der Waals surface area (Å²) in [7, 11) is -3.66. The summed E-state index contributed by atoms with van der Waals surface area (Å²) in [5.74, 6) is 0. The number of para-hydroxylation sites is 1. The van der Waals surface area contributed by atoms with Crippen molar-refractivity contribution in [1.29, 1.82) is 0 Å². The minimum atomic E-state index is -3.66. The molecule has 2 aromatic rings. The van der Waals surface area contributed by atoms with E-state index in [4.69, 9.17) is 11.6 Å². The van der Waals surface area contributed by atoms with Crippen LogP contribution in [0.15, 0.2) is 47.6 Å². The molecule has 0 aliphatic carbocycles. The second-order valence-corrected chi connectivity index (χ2v) is 5.18. The smallest absolute Gasteiger partial charge is 0.264 e. The van der Waals surface area contributed by atoms with Crippen LogP contribution in [0.2, 0.25) is 5.28 Å². The number of hydrogen-bond donors (Lipinski definition) is 1. The molecule has 0 aliphatic heterocycles. The van der Waals surface area contributed by atoms with Crippen molar-refractivity contribution in [3.05, 3.63) is 48.0 Å². The third-order valence-electron chi connectivity index (χ3n) is 1.93. The van der Waals surface area contributed by atoms with Crippen LogP contribution in [0.3, 0.4) is 0 Å². The molecule has 0 saturated heterocycles. The number of hydrogen-bond acceptors (Lipinski definition) is 4. The van der Waals surface area contributed by atoms with Crippen LogP contribution in [-0.2, 0) is 10.0 Å². The molecular formula is C10H8ClN3O2S. The fourth-order valence-electron chi connectivity index (χ4n) is 1.16. The van der Waals surface area contributed by atoms with Gasteiger partial charge in [-0.15, -0.1) is 0 Å². The van der Waals surface area contributed by atoms with E-state index in [1.165, 1.54) is 0 Å². The lowest BCUT2D eigenvalue weighted by Gasteiger charge is -2.06. The largest absolute Gasteiger partial charge is 0.280 e. The molecule has 0 bridgehead atoms. The van der Waals surface area contributed by atoms with Crippen LogP contribution in [0, 0.1) is 0 Å². The van der Waals surface area contributed by atoms with E-state index < -0.39 is 10.0 Å². The van der Waals surface area contributed by atoms with Crippen LogP contribution in [0.5, 0.6) is 0 Å². The quantitative estimate of drug-likeness (QED) is 0.864. The zero-order valence-corrected chi connectivity index (χ0v) is 10.1. The molecular weight excluding hydrogens is 262 g/mol. The molecule has 1 heterocycles. The van der Waals surface area contributed by atoms with Crippen molar-refractivity contribution in [2.24, 2.45) is 0 Å². The summed E-state index contributed by atoms with van der Waals surface area (Å²) in [5, 5.41) is 0.00339. The Hall–Kier alpha value is -1.66. The third kappa shape index (κ3) is 2.92. The van der Waals surface area contributed by atoms with Crippen LogP contribution < -0.4 is 4.72 Å². The van der Waals surface area contributed by atoms with Crippen molar-refractivity contribution in [2.75, 3.05) is 4.72 Å². The Balaban J connectivity index is 2.29. The lowest BCUT2D eigenvalue weighted by Crippen LogP contribution is -2.13. The Morgan fingerprint density at radius 3 is 2.24 bits per heavy atom. The highest BCUT2D eigenvalue weighted by molar-refractivity contribution is 7.92. The fraction of sp³-hybridized carbons (Fsp3) is 0. The number of benzene rings is 1. The van der Waals surface area contributed by atoms with Crippen molar-refractivity contribution in [2.45, 2.75) is 4.90 Å². The van der Waals surface area contributed by atoms with Crippen molar-refractivity contribution >= 4 is 27.3 Å². The van der Waals surface area contributed by atoms with Gasteiger partial charge >= 0.3 is 0 Å². The number of aromatic nitrogens is 2. The Morgan fingerprint density at radius 1 is 1.06 bits per heavy atom. The second-order valence-electron chi connectivity index (χ2n) is 3.16. The van der Waals surface area contributed by atoms with Gasteiger partial charge in [-0.25, -0.2) is 18.4 Å². The van der Waals surface area contributed by atoms with Gasteiger partial charge < -0.3 is 0 Å². The molecule has 0 aliphatic rings. The van der Waals surface area contributed by atoms with Crippen molar-refractivity contribution < 1.29 is 8.42 Å². The number of anilines is 1. The summed E-state index contributed by atoms with van der Waals surface area (Å²) >= 11 is 5.48. The molecule has 0 radical (unpaired) electrons. The Bertz CT molecular complexity index is 599.